The number of nitrogens with zero attached hydrogens (tertiary/aromatic N) is 1. The average Bonchev–Trinajstić information content (AvgIpc) is 3.13. The summed E-state index contributed by atoms with van der Waals surface area (Å²) in [6, 6.07) is 6.20. The third-order valence-corrected chi connectivity index (χ3v) is 5.36. The van der Waals surface area contributed by atoms with Crippen LogP contribution in [-0.4, -0.2) is 34.5 Å². The normalized spacial score (nSPS) is 24.3. The standard InChI is InChI=1S/C22H18ClF2N3O4/c23-15-4-2-14(3-5-15)22(24,25)21(32)26-10-12-1-6-16-13(9-12)11-28(20(16)31)17-7-8-18(29)27-19(17)30/h1-6,9,17H,7-8,10-11H2,(H,26,32)(H,27,29,30)/t17-/m0/s1/i7D,17D/hD/t7?,17-. The molecule has 0 spiro atoms. The number of halogens is 3. The molecule has 2 aliphatic heterocycles. The summed E-state index contributed by atoms with van der Waals surface area (Å²) in [6.45, 7) is -0.763. The maximum Gasteiger partial charge on any atom is 0.349 e. The third kappa shape index (κ3) is 4.08. The SMILES string of the molecule is [2H]C1CC(=O)NC(=O)[C@@]1([2H])N1Cc2cc(CN([2H])C(=O)C(F)(F)c3ccc(Cl)cc3)ccc2C1=O. The quantitative estimate of drug-likeness (QED) is 0.665. The van der Waals surface area contributed by atoms with E-state index in [0.29, 0.717) is 5.56 Å². The van der Waals surface area contributed by atoms with Crippen LogP contribution in [-0.2, 0) is 33.4 Å². The molecule has 0 aromatic heterocycles. The van der Waals surface area contributed by atoms with E-state index in [1.165, 1.54) is 30.3 Å². The number of hydrogen-bond donors (Lipinski definition) is 2. The van der Waals surface area contributed by atoms with Crippen LogP contribution >= 0.6 is 11.6 Å². The van der Waals surface area contributed by atoms with Crippen LogP contribution in [0.15, 0.2) is 42.5 Å². The summed E-state index contributed by atoms with van der Waals surface area (Å²) >= 11 is 5.69. The lowest BCUT2D eigenvalue weighted by atomic mass is 10.0. The molecule has 32 heavy (non-hydrogen) atoms. The molecular weight excluding hydrogens is 444 g/mol. The summed E-state index contributed by atoms with van der Waals surface area (Å²) < 4.78 is 53.6. The molecular formula is C22H18ClF2N3O4. The van der Waals surface area contributed by atoms with Crippen LogP contribution in [0.1, 0.15) is 42.6 Å². The lowest BCUT2D eigenvalue weighted by Gasteiger charge is -2.29. The fourth-order valence-corrected chi connectivity index (χ4v) is 3.59. The molecule has 2 aliphatic rings. The van der Waals surface area contributed by atoms with Crippen molar-refractivity contribution < 1.29 is 32.1 Å². The summed E-state index contributed by atoms with van der Waals surface area (Å²) in [7, 11) is 0. The van der Waals surface area contributed by atoms with Crippen molar-refractivity contribution in [3.05, 3.63) is 69.7 Å². The van der Waals surface area contributed by atoms with Crippen molar-refractivity contribution in [1.29, 1.82) is 0 Å². The second-order valence-electron chi connectivity index (χ2n) is 7.26. The minimum Gasteiger partial charge on any atom is -0.346 e. The maximum atomic E-state index is 14.6. The van der Waals surface area contributed by atoms with Crippen molar-refractivity contribution in [2.45, 2.75) is 37.8 Å². The zero-order valence-corrected chi connectivity index (χ0v) is 17.2. The van der Waals surface area contributed by atoms with E-state index in [1.807, 2.05) is 5.32 Å². The van der Waals surface area contributed by atoms with Crippen LogP contribution in [0.4, 0.5) is 8.78 Å². The summed E-state index contributed by atoms with van der Waals surface area (Å²) in [6.07, 6.45) is -1.93. The predicted octanol–water partition coefficient (Wildman–Crippen LogP) is 2.51. The second kappa shape index (κ2) is 8.31. The highest BCUT2D eigenvalue weighted by Gasteiger charge is 2.41. The molecule has 1 saturated heterocycles. The first-order valence-corrected chi connectivity index (χ1v) is 9.88. The minimum absolute atomic E-state index is 0.108. The molecule has 10 heteroatoms. The number of piperidine rings is 1. The molecule has 0 bridgehead atoms. The van der Waals surface area contributed by atoms with Crippen molar-refractivity contribution in [3.63, 3.8) is 0 Å². The average molecular weight is 465 g/mol. The van der Waals surface area contributed by atoms with E-state index in [2.05, 4.69) is 0 Å². The smallest absolute Gasteiger partial charge is 0.346 e. The van der Waals surface area contributed by atoms with E-state index in [-0.39, 0.29) is 28.0 Å². The van der Waals surface area contributed by atoms with Gasteiger partial charge in [-0.1, -0.05) is 35.9 Å². The Hall–Kier alpha value is -3.33. The van der Waals surface area contributed by atoms with Gasteiger partial charge in [0.05, 0.1) is 1.37 Å². The van der Waals surface area contributed by atoms with Crippen LogP contribution in [0.3, 0.4) is 0 Å². The molecule has 2 aromatic rings. The van der Waals surface area contributed by atoms with E-state index >= 15 is 0 Å². The molecule has 2 heterocycles. The van der Waals surface area contributed by atoms with Gasteiger partial charge in [0.15, 0.2) is 1.41 Å². The molecule has 1 fully saturated rings. The summed E-state index contributed by atoms with van der Waals surface area (Å²) in [4.78, 5) is 49.9. The van der Waals surface area contributed by atoms with Crippen molar-refractivity contribution in [1.82, 2.24) is 15.5 Å². The van der Waals surface area contributed by atoms with Gasteiger partial charge < -0.3 is 10.2 Å². The van der Waals surface area contributed by atoms with Crippen LogP contribution in [0.25, 0.3) is 0 Å². The van der Waals surface area contributed by atoms with Crippen LogP contribution < -0.4 is 10.6 Å². The second-order valence-corrected chi connectivity index (χ2v) is 7.69. The fourth-order valence-electron chi connectivity index (χ4n) is 3.47. The molecule has 4 amide bonds. The zero-order chi connectivity index (χ0) is 25.7. The number of fused-ring (bicyclic) bond motifs is 1. The van der Waals surface area contributed by atoms with Gasteiger partial charge in [-0.3, -0.25) is 24.5 Å². The van der Waals surface area contributed by atoms with Gasteiger partial charge in [-0.15, -0.1) is 0 Å². The van der Waals surface area contributed by atoms with Gasteiger partial charge in [0.1, 0.15) is 6.02 Å². The number of benzene rings is 2. The van der Waals surface area contributed by atoms with Gasteiger partial charge in [-0.25, -0.2) is 0 Å². The van der Waals surface area contributed by atoms with E-state index in [4.69, 9.17) is 15.8 Å². The van der Waals surface area contributed by atoms with Gasteiger partial charge in [0, 0.05) is 37.0 Å². The fraction of sp³-hybridized carbons (Fsp3) is 0.273. The van der Waals surface area contributed by atoms with E-state index in [1.54, 1.807) is 0 Å². The first-order chi connectivity index (χ1) is 16.4. The van der Waals surface area contributed by atoms with E-state index in [0.717, 1.165) is 17.0 Å². The Kier molecular flexibility index (Phi) is 4.74. The first kappa shape index (κ1) is 18.3. The topological polar surface area (TPSA) is 95.6 Å². The Morgan fingerprint density at radius 1 is 1.28 bits per heavy atom. The Balaban J connectivity index is 1.52. The van der Waals surface area contributed by atoms with E-state index in [9.17, 15) is 28.0 Å². The Morgan fingerprint density at radius 3 is 2.69 bits per heavy atom. The number of alkyl halides is 2. The number of carbonyl (C=O) groups excluding carboxylic acids is 4. The lowest BCUT2D eigenvalue weighted by molar-refractivity contribution is -0.147. The molecule has 2 N–H and O–H groups in total. The molecule has 1 unspecified atom stereocenters. The molecule has 0 radical (unpaired) electrons. The van der Waals surface area contributed by atoms with Gasteiger partial charge >= 0.3 is 5.92 Å². The Morgan fingerprint density at radius 2 is 2.00 bits per heavy atom. The maximum absolute atomic E-state index is 14.6. The van der Waals surface area contributed by atoms with Crippen LogP contribution in [0.2, 0.25) is 6.43 Å². The van der Waals surface area contributed by atoms with Crippen molar-refractivity contribution in [3.8, 4) is 0 Å². The third-order valence-electron chi connectivity index (χ3n) is 5.11. The molecule has 2 atom stereocenters. The monoisotopic (exact) mass is 464 g/mol. The van der Waals surface area contributed by atoms with Crippen molar-refractivity contribution in [2.24, 2.45) is 0 Å². The number of amides is 4. The number of imide groups is 1. The molecule has 2 aromatic carbocycles. The first-order valence-electron chi connectivity index (χ1n) is 11.0. The van der Waals surface area contributed by atoms with Gasteiger partial charge in [0.25, 0.3) is 11.8 Å². The highest BCUT2D eigenvalue weighted by Crippen LogP contribution is 2.30. The van der Waals surface area contributed by atoms with Crippen LogP contribution in [0.5, 0.6) is 0 Å². The highest BCUT2D eigenvalue weighted by molar-refractivity contribution is 6.30. The van der Waals surface area contributed by atoms with Gasteiger partial charge in [0.2, 0.25) is 11.8 Å². The molecule has 166 valence electrons. The van der Waals surface area contributed by atoms with Crippen molar-refractivity contribution in [2.75, 3.05) is 0 Å². The Bertz CT molecular complexity index is 1250. The zero-order valence-electron chi connectivity index (χ0n) is 19.4. The minimum atomic E-state index is -3.97. The number of rotatable bonds is 5. The predicted molar refractivity (Wildman–Crippen MR) is 110 cm³/mol. The molecule has 0 aliphatic carbocycles. The van der Waals surface area contributed by atoms with Gasteiger partial charge in [-0.2, -0.15) is 8.78 Å². The largest absolute Gasteiger partial charge is 0.349 e. The summed E-state index contributed by atoms with van der Waals surface area (Å²) in [5.74, 6) is -8.22. The Labute approximate surface area is 191 Å². The summed E-state index contributed by atoms with van der Waals surface area (Å²) in [5, 5.41) is 2.30. The van der Waals surface area contributed by atoms with Crippen molar-refractivity contribution >= 4 is 35.2 Å². The summed E-state index contributed by atoms with van der Waals surface area (Å²) in [5.41, 5.74) is 0.112. The van der Waals surface area contributed by atoms with E-state index < -0.39 is 60.5 Å². The molecule has 0 saturated carbocycles. The number of carbonyl (C=O) groups is 4. The molecule has 7 nitrogen and oxygen atoms in total. The number of hydrogen-bond acceptors (Lipinski definition) is 4. The van der Waals surface area contributed by atoms with Gasteiger partial charge in [-0.05, 0) is 35.7 Å². The lowest BCUT2D eigenvalue weighted by Crippen LogP contribution is -2.52. The van der Waals surface area contributed by atoms with Crippen LogP contribution in [0, 0.1) is 0 Å². The number of nitrogens with one attached hydrogen (secondary N) is 2. The highest BCUT2D eigenvalue weighted by atomic mass is 35.5. The molecule has 4 rings (SSSR count).